The summed E-state index contributed by atoms with van der Waals surface area (Å²) >= 11 is 5.89. The lowest BCUT2D eigenvalue weighted by Gasteiger charge is -2.17. The van der Waals surface area contributed by atoms with Gasteiger partial charge in [-0.1, -0.05) is 23.7 Å². The molecule has 0 aliphatic carbocycles. The van der Waals surface area contributed by atoms with Crippen LogP contribution in [0.3, 0.4) is 0 Å². The van der Waals surface area contributed by atoms with Crippen molar-refractivity contribution in [2.75, 3.05) is 10.6 Å². The largest absolute Gasteiger partial charge is 0.416 e. The summed E-state index contributed by atoms with van der Waals surface area (Å²) in [4.78, 5) is 9.84. The van der Waals surface area contributed by atoms with E-state index < -0.39 is 39.9 Å². The van der Waals surface area contributed by atoms with Gasteiger partial charge in [0, 0.05) is 5.69 Å². The number of para-hydroxylation sites is 1. The average Bonchev–Trinajstić information content (AvgIpc) is 2.54. The number of benzene rings is 2. The highest BCUT2D eigenvalue weighted by Gasteiger charge is 2.37. The SMILES string of the molecule is O=[N+]([O-])/C=C(\Nc1cc(C(F)(F)F)cc(C(F)(F)F)c1)Nc1ccccc1Cl. The molecule has 12 heteroatoms. The molecular formula is C16H10ClF6N3O2. The molecule has 0 saturated carbocycles. The Morgan fingerprint density at radius 3 is 1.96 bits per heavy atom. The summed E-state index contributed by atoms with van der Waals surface area (Å²) < 4.78 is 77.6. The minimum atomic E-state index is -5.05. The lowest BCUT2D eigenvalue weighted by Crippen LogP contribution is -2.15. The molecule has 0 unspecified atom stereocenters. The van der Waals surface area contributed by atoms with Crippen LogP contribution in [0.4, 0.5) is 37.7 Å². The monoisotopic (exact) mass is 425 g/mol. The molecule has 0 amide bonds. The fourth-order valence-electron chi connectivity index (χ4n) is 2.09. The van der Waals surface area contributed by atoms with Crippen LogP contribution in [-0.2, 0) is 12.4 Å². The summed E-state index contributed by atoms with van der Waals surface area (Å²) in [6.07, 6.45) is -9.77. The van der Waals surface area contributed by atoms with E-state index in [1.165, 1.54) is 18.2 Å². The molecule has 5 nitrogen and oxygen atoms in total. The van der Waals surface area contributed by atoms with Gasteiger partial charge >= 0.3 is 12.4 Å². The molecular weight excluding hydrogens is 416 g/mol. The maximum absolute atomic E-state index is 12.9. The summed E-state index contributed by atoms with van der Waals surface area (Å²) in [5, 5.41) is 15.5. The van der Waals surface area contributed by atoms with Crippen molar-refractivity contribution in [3.63, 3.8) is 0 Å². The quantitative estimate of drug-likeness (QED) is 0.351. The van der Waals surface area contributed by atoms with Crippen LogP contribution in [0.25, 0.3) is 0 Å². The third kappa shape index (κ3) is 5.78. The highest BCUT2D eigenvalue weighted by molar-refractivity contribution is 6.33. The zero-order valence-electron chi connectivity index (χ0n) is 13.5. The molecule has 0 atom stereocenters. The molecule has 0 spiro atoms. The topological polar surface area (TPSA) is 67.2 Å². The van der Waals surface area contributed by atoms with Gasteiger partial charge in [-0.05, 0) is 30.3 Å². The predicted molar refractivity (Wildman–Crippen MR) is 90.2 cm³/mol. The van der Waals surface area contributed by atoms with E-state index in [9.17, 15) is 36.5 Å². The number of hydrogen-bond acceptors (Lipinski definition) is 4. The standard InChI is InChI=1S/C16H10ClF6N3O2/c17-12-3-1-2-4-13(12)25-14(8-26(27)28)24-11-6-9(15(18,19)20)5-10(7-11)16(21,22)23/h1-8,24-25H/b14-8+. The third-order valence-electron chi connectivity index (χ3n) is 3.24. The molecule has 0 heterocycles. The third-order valence-corrected chi connectivity index (χ3v) is 3.57. The second-order valence-corrected chi connectivity index (χ2v) is 5.76. The number of nitrogens with one attached hydrogen (secondary N) is 2. The van der Waals surface area contributed by atoms with E-state index >= 15 is 0 Å². The lowest BCUT2D eigenvalue weighted by molar-refractivity contribution is -0.403. The number of nitro groups is 1. The summed E-state index contributed by atoms with van der Waals surface area (Å²) in [5.74, 6) is -0.495. The van der Waals surface area contributed by atoms with Gasteiger partial charge in [-0.2, -0.15) is 26.3 Å². The van der Waals surface area contributed by atoms with E-state index in [2.05, 4.69) is 10.6 Å². The summed E-state index contributed by atoms with van der Waals surface area (Å²) in [7, 11) is 0. The Balaban J connectivity index is 2.46. The molecule has 0 fully saturated rings. The maximum Gasteiger partial charge on any atom is 0.416 e. The van der Waals surface area contributed by atoms with E-state index in [4.69, 9.17) is 11.6 Å². The van der Waals surface area contributed by atoms with Gasteiger partial charge in [0.2, 0.25) is 0 Å². The zero-order chi connectivity index (χ0) is 21.1. The summed E-state index contributed by atoms with van der Waals surface area (Å²) in [5.41, 5.74) is -3.64. The first-order valence-electron chi connectivity index (χ1n) is 7.29. The first-order chi connectivity index (χ1) is 12.9. The molecule has 0 radical (unpaired) electrons. The second kappa shape index (κ2) is 7.97. The Morgan fingerprint density at radius 2 is 1.50 bits per heavy atom. The summed E-state index contributed by atoms with van der Waals surface area (Å²) in [6.45, 7) is 0. The van der Waals surface area contributed by atoms with Crippen molar-refractivity contribution in [1.82, 2.24) is 0 Å². The second-order valence-electron chi connectivity index (χ2n) is 5.35. The molecule has 2 aromatic rings. The average molecular weight is 426 g/mol. The Bertz CT molecular complexity index is 880. The van der Waals surface area contributed by atoms with Gasteiger partial charge in [0.25, 0.3) is 6.20 Å². The fourth-order valence-corrected chi connectivity index (χ4v) is 2.27. The van der Waals surface area contributed by atoms with Crippen molar-refractivity contribution >= 4 is 23.0 Å². The molecule has 0 aliphatic rings. The molecule has 0 aromatic heterocycles. The van der Waals surface area contributed by atoms with Crippen LogP contribution in [0.1, 0.15) is 11.1 Å². The van der Waals surface area contributed by atoms with Gasteiger partial charge in [0.1, 0.15) is 0 Å². The molecule has 2 rings (SSSR count). The van der Waals surface area contributed by atoms with Gasteiger partial charge in [-0.15, -0.1) is 0 Å². The van der Waals surface area contributed by atoms with E-state index in [0.29, 0.717) is 18.3 Å². The predicted octanol–water partition coefficient (Wildman–Crippen LogP) is 5.98. The van der Waals surface area contributed by atoms with Crippen LogP contribution < -0.4 is 10.6 Å². The molecule has 2 aromatic carbocycles. The van der Waals surface area contributed by atoms with E-state index in [1.807, 2.05) is 0 Å². The first kappa shape index (κ1) is 21.4. The highest BCUT2D eigenvalue weighted by atomic mass is 35.5. The Hall–Kier alpha value is -2.95. The van der Waals surface area contributed by atoms with Crippen LogP contribution in [0.15, 0.2) is 54.5 Å². The lowest BCUT2D eigenvalue weighted by atomic mass is 10.1. The van der Waals surface area contributed by atoms with Crippen molar-refractivity contribution in [2.24, 2.45) is 0 Å². The van der Waals surface area contributed by atoms with Crippen molar-refractivity contribution in [3.8, 4) is 0 Å². The van der Waals surface area contributed by atoms with Crippen LogP contribution in [0, 0.1) is 10.1 Å². The van der Waals surface area contributed by atoms with Crippen LogP contribution in [-0.4, -0.2) is 4.92 Å². The minimum Gasteiger partial charge on any atom is -0.337 e. The number of anilines is 2. The van der Waals surface area contributed by atoms with Gasteiger partial charge in [-0.25, -0.2) is 0 Å². The van der Waals surface area contributed by atoms with Crippen molar-refractivity contribution in [1.29, 1.82) is 0 Å². The summed E-state index contributed by atoms with van der Waals surface area (Å²) in [6, 6.07) is 6.66. The van der Waals surface area contributed by atoms with Crippen molar-refractivity contribution in [3.05, 3.63) is 80.7 Å². The normalized spacial score (nSPS) is 12.6. The van der Waals surface area contributed by atoms with Gasteiger partial charge in [-0.3, -0.25) is 10.1 Å². The van der Waals surface area contributed by atoms with E-state index in [0.717, 1.165) is 0 Å². The zero-order valence-corrected chi connectivity index (χ0v) is 14.3. The van der Waals surface area contributed by atoms with E-state index in [1.54, 1.807) is 6.07 Å². The Labute approximate surface area is 158 Å². The van der Waals surface area contributed by atoms with Crippen molar-refractivity contribution in [2.45, 2.75) is 12.4 Å². The Kier molecular flexibility index (Phi) is 6.07. The number of alkyl halides is 6. The molecule has 0 bridgehead atoms. The maximum atomic E-state index is 12.9. The number of halogens is 7. The van der Waals surface area contributed by atoms with Crippen LogP contribution in [0.5, 0.6) is 0 Å². The molecule has 0 saturated heterocycles. The van der Waals surface area contributed by atoms with Gasteiger partial charge < -0.3 is 10.6 Å². The number of rotatable bonds is 5. The van der Waals surface area contributed by atoms with E-state index in [-0.39, 0.29) is 16.8 Å². The van der Waals surface area contributed by atoms with Crippen LogP contribution in [0.2, 0.25) is 5.02 Å². The smallest absolute Gasteiger partial charge is 0.337 e. The van der Waals surface area contributed by atoms with Crippen LogP contribution >= 0.6 is 11.6 Å². The van der Waals surface area contributed by atoms with Gasteiger partial charge in [0.15, 0.2) is 5.82 Å². The van der Waals surface area contributed by atoms with Gasteiger partial charge in [0.05, 0.1) is 26.8 Å². The first-order valence-corrected chi connectivity index (χ1v) is 7.67. The molecule has 0 aliphatic heterocycles. The fraction of sp³-hybridized carbons (Fsp3) is 0.125. The highest BCUT2D eigenvalue weighted by Crippen LogP contribution is 2.37. The molecule has 28 heavy (non-hydrogen) atoms. The molecule has 150 valence electrons. The number of hydrogen-bond donors (Lipinski definition) is 2. The minimum absolute atomic E-state index is 0.0520. The van der Waals surface area contributed by atoms with Crippen molar-refractivity contribution < 1.29 is 31.3 Å². The Morgan fingerprint density at radius 1 is 0.964 bits per heavy atom. The number of nitrogens with zero attached hydrogens (tertiary/aromatic N) is 1. The molecule has 2 N–H and O–H groups in total.